The molecule has 0 aliphatic rings. The summed E-state index contributed by atoms with van der Waals surface area (Å²) in [5, 5.41) is 14.3. The quantitative estimate of drug-likeness (QED) is 0.283. The van der Waals surface area contributed by atoms with E-state index in [4.69, 9.17) is 9.15 Å². The summed E-state index contributed by atoms with van der Waals surface area (Å²) in [6.07, 6.45) is 4.29. The zero-order valence-electron chi connectivity index (χ0n) is 15.9. The third-order valence-corrected chi connectivity index (χ3v) is 5.58. The van der Waals surface area contributed by atoms with Gasteiger partial charge in [-0.3, -0.25) is 14.9 Å². The molecule has 0 fully saturated rings. The molecule has 1 amide bonds. The number of hydrogen-bond acceptors (Lipinski definition) is 6. The lowest BCUT2D eigenvalue weighted by molar-refractivity contribution is -0.402. The molecule has 10 heteroatoms. The molecule has 29 heavy (non-hydrogen) atoms. The molecule has 154 valence electrons. The van der Waals surface area contributed by atoms with Gasteiger partial charge in [-0.1, -0.05) is 29.8 Å². The Kier molecular flexibility index (Phi) is 8.15. The average molecular weight is 529 g/mol. The SMILES string of the molecule is Cc1c(Br)cc(C(C)C)c(OCC(=O)N/N=C/C=C/c2ccc([N+](=O)[O-])o2)c1Br. The van der Waals surface area contributed by atoms with E-state index in [1.807, 2.05) is 26.8 Å². The Balaban J connectivity index is 1.91. The van der Waals surface area contributed by atoms with Crippen LogP contribution >= 0.6 is 31.9 Å². The van der Waals surface area contributed by atoms with Gasteiger partial charge in [0.1, 0.15) is 16.4 Å². The molecule has 0 aliphatic carbocycles. The van der Waals surface area contributed by atoms with E-state index in [1.165, 1.54) is 30.5 Å². The van der Waals surface area contributed by atoms with E-state index in [2.05, 4.69) is 42.4 Å². The summed E-state index contributed by atoms with van der Waals surface area (Å²) in [5.41, 5.74) is 4.30. The van der Waals surface area contributed by atoms with E-state index in [-0.39, 0.29) is 18.4 Å². The lowest BCUT2D eigenvalue weighted by Crippen LogP contribution is -2.25. The summed E-state index contributed by atoms with van der Waals surface area (Å²) in [7, 11) is 0. The fraction of sp³-hybridized carbons (Fsp3) is 0.263. The molecule has 0 saturated heterocycles. The first-order valence-electron chi connectivity index (χ1n) is 8.54. The second kappa shape index (κ2) is 10.4. The van der Waals surface area contributed by atoms with Gasteiger partial charge in [-0.2, -0.15) is 5.10 Å². The number of allylic oxidation sites excluding steroid dienone is 1. The molecule has 1 N–H and O–H groups in total. The van der Waals surface area contributed by atoms with Crippen molar-refractivity contribution in [1.82, 2.24) is 5.43 Å². The average Bonchev–Trinajstić information content (AvgIpc) is 3.14. The minimum atomic E-state index is -0.623. The van der Waals surface area contributed by atoms with Crippen LogP contribution in [-0.2, 0) is 4.79 Å². The molecule has 2 rings (SSSR count). The minimum absolute atomic E-state index is 0.204. The highest BCUT2D eigenvalue weighted by molar-refractivity contribution is 9.11. The summed E-state index contributed by atoms with van der Waals surface area (Å²) in [6, 6.07) is 4.70. The van der Waals surface area contributed by atoms with Crippen molar-refractivity contribution in [3.63, 3.8) is 0 Å². The van der Waals surface area contributed by atoms with E-state index in [0.717, 1.165) is 20.1 Å². The number of halogens is 2. The lowest BCUT2D eigenvalue weighted by Gasteiger charge is -2.18. The first-order valence-corrected chi connectivity index (χ1v) is 10.1. The van der Waals surface area contributed by atoms with Gasteiger partial charge in [0, 0.05) is 10.7 Å². The van der Waals surface area contributed by atoms with Gasteiger partial charge in [0.05, 0.1) is 10.5 Å². The number of carbonyl (C=O) groups excluding carboxylic acids is 1. The largest absolute Gasteiger partial charge is 0.482 e. The lowest BCUT2D eigenvalue weighted by atomic mass is 10.0. The zero-order chi connectivity index (χ0) is 21.6. The van der Waals surface area contributed by atoms with Crippen LogP contribution in [0.1, 0.15) is 36.7 Å². The fourth-order valence-corrected chi connectivity index (χ4v) is 3.55. The van der Waals surface area contributed by atoms with E-state index in [9.17, 15) is 14.9 Å². The van der Waals surface area contributed by atoms with Gasteiger partial charge in [-0.15, -0.1) is 0 Å². The van der Waals surface area contributed by atoms with Crippen molar-refractivity contribution < 1.29 is 18.9 Å². The summed E-state index contributed by atoms with van der Waals surface area (Å²) in [6.45, 7) is 5.82. The van der Waals surface area contributed by atoms with Gasteiger partial charge < -0.3 is 9.15 Å². The molecule has 8 nitrogen and oxygen atoms in total. The number of furan rings is 1. The van der Waals surface area contributed by atoms with E-state index < -0.39 is 10.8 Å². The summed E-state index contributed by atoms with van der Waals surface area (Å²) < 4.78 is 12.4. The molecule has 0 unspecified atom stereocenters. The monoisotopic (exact) mass is 527 g/mol. The second-order valence-electron chi connectivity index (χ2n) is 6.26. The van der Waals surface area contributed by atoms with Gasteiger partial charge in [0.2, 0.25) is 0 Å². The van der Waals surface area contributed by atoms with Crippen LogP contribution in [0.25, 0.3) is 6.08 Å². The Morgan fingerprint density at radius 2 is 2.14 bits per heavy atom. The van der Waals surface area contributed by atoms with Gasteiger partial charge in [-0.05, 0) is 64.2 Å². The predicted molar refractivity (Wildman–Crippen MR) is 117 cm³/mol. The number of amides is 1. The van der Waals surface area contributed by atoms with Crippen LogP contribution in [0.15, 0.2) is 42.7 Å². The highest BCUT2D eigenvalue weighted by atomic mass is 79.9. The van der Waals surface area contributed by atoms with E-state index >= 15 is 0 Å². The number of hydrogen-bond donors (Lipinski definition) is 1. The van der Waals surface area contributed by atoms with Crippen LogP contribution in [0, 0.1) is 17.0 Å². The highest BCUT2D eigenvalue weighted by Crippen LogP contribution is 2.40. The minimum Gasteiger partial charge on any atom is -0.482 e. The number of benzene rings is 1. The van der Waals surface area contributed by atoms with Crippen molar-refractivity contribution in [1.29, 1.82) is 0 Å². The molecule has 0 atom stereocenters. The molecule has 1 aromatic heterocycles. The maximum Gasteiger partial charge on any atom is 0.433 e. The Morgan fingerprint density at radius 1 is 1.41 bits per heavy atom. The van der Waals surface area contributed by atoms with Crippen molar-refractivity contribution in [2.45, 2.75) is 26.7 Å². The predicted octanol–water partition coefficient (Wildman–Crippen LogP) is 5.34. The van der Waals surface area contributed by atoms with E-state index in [0.29, 0.717) is 11.5 Å². The van der Waals surface area contributed by atoms with Crippen LogP contribution in [0.3, 0.4) is 0 Å². The molecule has 0 radical (unpaired) electrons. The number of nitro groups is 1. The van der Waals surface area contributed by atoms with Crippen LogP contribution in [0.5, 0.6) is 5.75 Å². The van der Waals surface area contributed by atoms with Crippen molar-refractivity contribution >= 4 is 55.9 Å². The van der Waals surface area contributed by atoms with Crippen LogP contribution in [0.4, 0.5) is 5.88 Å². The Hall–Kier alpha value is -2.46. The first kappa shape index (κ1) is 22.8. The molecule has 1 heterocycles. The van der Waals surface area contributed by atoms with Crippen LogP contribution in [0.2, 0.25) is 0 Å². The van der Waals surface area contributed by atoms with Gasteiger partial charge in [0.25, 0.3) is 5.91 Å². The molecule has 0 spiro atoms. The molecule has 1 aromatic carbocycles. The second-order valence-corrected chi connectivity index (χ2v) is 7.91. The van der Waals surface area contributed by atoms with E-state index in [1.54, 1.807) is 0 Å². The Bertz CT molecular complexity index is 967. The summed E-state index contributed by atoms with van der Waals surface area (Å²) in [5.74, 6) is 0.364. The van der Waals surface area contributed by atoms with Crippen molar-refractivity contribution in [2.24, 2.45) is 5.10 Å². The molecular weight excluding hydrogens is 510 g/mol. The van der Waals surface area contributed by atoms with Crippen molar-refractivity contribution in [3.05, 3.63) is 60.2 Å². The molecule has 0 bridgehead atoms. The Labute approximate surface area is 184 Å². The Morgan fingerprint density at radius 3 is 2.76 bits per heavy atom. The zero-order valence-corrected chi connectivity index (χ0v) is 19.1. The number of ether oxygens (including phenoxy) is 1. The summed E-state index contributed by atoms with van der Waals surface area (Å²) >= 11 is 7.05. The third kappa shape index (κ3) is 6.26. The van der Waals surface area contributed by atoms with Crippen molar-refractivity contribution in [2.75, 3.05) is 6.61 Å². The van der Waals surface area contributed by atoms with Gasteiger partial charge in [-0.25, -0.2) is 5.43 Å². The fourth-order valence-electron chi connectivity index (χ4n) is 2.28. The standard InChI is InChI=1S/C19H19Br2N3O5/c1-11(2)14-9-15(20)12(3)18(21)19(14)28-10-16(25)23-22-8-4-5-13-6-7-17(29-13)24(26)27/h4-9,11H,10H2,1-3H3,(H,23,25)/b5-4+,22-8+. The smallest absolute Gasteiger partial charge is 0.433 e. The molecule has 0 saturated carbocycles. The normalized spacial score (nSPS) is 11.5. The number of rotatable bonds is 8. The molecular formula is C19H19Br2N3O5. The van der Waals surface area contributed by atoms with Gasteiger partial charge >= 0.3 is 5.88 Å². The third-order valence-electron chi connectivity index (χ3n) is 3.80. The number of nitrogens with one attached hydrogen (secondary N) is 1. The number of hydrazone groups is 1. The van der Waals surface area contributed by atoms with Crippen molar-refractivity contribution in [3.8, 4) is 5.75 Å². The van der Waals surface area contributed by atoms with Crippen LogP contribution < -0.4 is 10.2 Å². The topological polar surface area (TPSA) is 107 Å². The molecule has 0 aliphatic heterocycles. The number of carbonyl (C=O) groups is 1. The maximum absolute atomic E-state index is 12.0. The van der Waals surface area contributed by atoms with Gasteiger partial charge in [0.15, 0.2) is 6.61 Å². The number of nitrogens with zero attached hydrogens (tertiary/aromatic N) is 2. The first-order chi connectivity index (χ1) is 13.7. The summed E-state index contributed by atoms with van der Waals surface area (Å²) in [4.78, 5) is 21.9. The van der Waals surface area contributed by atoms with Crippen LogP contribution in [-0.4, -0.2) is 23.7 Å². The highest BCUT2D eigenvalue weighted by Gasteiger charge is 2.17. The molecule has 2 aromatic rings. The maximum atomic E-state index is 12.0.